The van der Waals surface area contributed by atoms with E-state index < -0.39 is 0 Å². The van der Waals surface area contributed by atoms with E-state index in [1.54, 1.807) is 0 Å². The molecule has 3 nitrogen and oxygen atoms in total. The molecular weight excluding hydrogens is 354 g/mol. The predicted octanol–water partition coefficient (Wildman–Crippen LogP) is 3.92. The number of rotatable bonds is 3. The first kappa shape index (κ1) is 16.2. The third kappa shape index (κ3) is 4.21. The highest BCUT2D eigenvalue weighted by Gasteiger charge is 2.29. The number of halogens is 1. The first-order valence-corrected chi connectivity index (χ1v) is 8.65. The summed E-state index contributed by atoms with van der Waals surface area (Å²) in [6, 6.07) is 17.8. The van der Waals surface area contributed by atoms with Gasteiger partial charge in [-0.05, 0) is 36.8 Å². The summed E-state index contributed by atoms with van der Waals surface area (Å²) in [4.78, 5) is 14.6. The number of ether oxygens (including phenoxy) is 1. The number of carbonyl (C=O) groups excluding carboxylic acids is 1. The van der Waals surface area contributed by atoms with Crippen molar-refractivity contribution in [3.05, 3.63) is 70.2 Å². The predicted molar refractivity (Wildman–Crippen MR) is 94.5 cm³/mol. The average Bonchev–Trinajstić information content (AvgIpc) is 2.55. The lowest BCUT2D eigenvalue weighted by Gasteiger charge is -2.37. The average molecular weight is 374 g/mol. The summed E-state index contributed by atoms with van der Waals surface area (Å²) in [5.74, 6) is 0.0747. The highest BCUT2D eigenvalue weighted by Crippen LogP contribution is 2.19. The first-order valence-electron chi connectivity index (χ1n) is 7.86. The summed E-state index contributed by atoms with van der Waals surface area (Å²) < 4.78 is 7.00. The van der Waals surface area contributed by atoms with Crippen molar-refractivity contribution in [3.63, 3.8) is 0 Å². The molecule has 0 N–H and O–H groups in total. The largest absolute Gasteiger partial charge is 0.371 e. The van der Waals surface area contributed by atoms with Crippen LogP contribution in [0.3, 0.4) is 0 Å². The summed E-state index contributed by atoms with van der Waals surface area (Å²) in [5.41, 5.74) is 1.96. The topological polar surface area (TPSA) is 29.5 Å². The number of hydrogen-bond donors (Lipinski definition) is 0. The van der Waals surface area contributed by atoms with Gasteiger partial charge in [-0.2, -0.15) is 0 Å². The molecule has 1 amide bonds. The molecule has 2 atom stereocenters. The molecule has 2 aromatic rings. The fourth-order valence-electron chi connectivity index (χ4n) is 2.98. The van der Waals surface area contributed by atoms with Gasteiger partial charge in [0.25, 0.3) is 5.91 Å². The van der Waals surface area contributed by atoms with Crippen LogP contribution in [-0.4, -0.2) is 36.1 Å². The van der Waals surface area contributed by atoms with Crippen LogP contribution >= 0.6 is 15.9 Å². The Labute approximate surface area is 145 Å². The van der Waals surface area contributed by atoms with E-state index in [2.05, 4.69) is 28.1 Å². The van der Waals surface area contributed by atoms with Crippen LogP contribution in [0.1, 0.15) is 22.8 Å². The number of hydrogen-bond acceptors (Lipinski definition) is 2. The molecule has 0 aliphatic carbocycles. The van der Waals surface area contributed by atoms with Gasteiger partial charge in [0.1, 0.15) is 0 Å². The van der Waals surface area contributed by atoms with Gasteiger partial charge in [-0.25, -0.2) is 0 Å². The Morgan fingerprint density at radius 1 is 1.13 bits per heavy atom. The fraction of sp³-hybridized carbons (Fsp3) is 0.316. The lowest BCUT2D eigenvalue weighted by molar-refractivity contribution is -0.0664. The standard InChI is InChI=1S/C19H20BrNO2/c1-14-12-21(19(22)16-7-9-17(20)10-8-16)13-18(23-14)11-15-5-3-2-4-6-15/h2-10,14,18H,11-13H2,1H3. The van der Waals surface area contributed by atoms with E-state index in [4.69, 9.17) is 4.74 Å². The molecule has 2 aromatic carbocycles. The molecular formula is C19H20BrNO2. The molecule has 120 valence electrons. The molecule has 0 spiro atoms. The van der Waals surface area contributed by atoms with Crippen molar-refractivity contribution in [1.29, 1.82) is 0 Å². The molecule has 4 heteroatoms. The van der Waals surface area contributed by atoms with Crippen molar-refractivity contribution >= 4 is 21.8 Å². The van der Waals surface area contributed by atoms with Crippen molar-refractivity contribution in [2.75, 3.05) is 13.1 Å². The quantitative estimate of drug-likeness (QED) is 0.815. The number of carbonyl (C=O) groups is 1. The van der Waals surface area contributed by atoms with Crippen LogP contribution in [0.5, 0.6) is 0 Å². The van der Waals surface area contributed by atoms with Gasteiger partial charge in [-0.1, -0.05) is 46.3 Å². The summed E-state index contributed by atoms with van der Waals surface area (Å²) >= 11 is 3.40. The van der Waals surface area contributed by atoms with Gasteiger partial charge in [0, 0.05) is 29.5 Å². The Morgan fingerprint density at radius 3 is 2.52 bits per heavy atom. The number of morpholine rings is 1. The van der Waals surface area contributed by atoms with Gasteiger partial charge in [0.15, 0.2) is 0 Å². The van der Waals surface area contributed by atoms with E-state index in [9.17, 15) is 4.79 Å². The maximum absolute atomic E-state index is 12.7. The van der Waals surface area contributed by atoms with Crippen LogP contribution < -0.4 is 0 Å². The highest BCUT2D eigenvalue weighted by atomic mass is 79.9. The zero-order valence-corrected chi connectivity index (χ0v) is 14.7. The molecule has 1 aliphatic rings. The molecule has 2 unspecified atom stereocenters. The second kappa shape index (κ2) is 7.28. The fourth-order valence-corrected chi connectivity index (χ4v) is 3.24. The van der Waals surface area contributed by atoms with Gasteiger partial charge in [-0.15, -0.1) is 0 Å². The normalized spacial score (nSPS) is 21.2. The van der Waals surface area contributed by atoms with Gasteiger partial charge >= 0.3 is 0 Å². The van der Waals surface area contributed by atoms with Crippen LogP contribution in [0.4, 0.5) is 0 Å². The van der Waals surface area contributed by atoms with E-state index in [-0.39, 0.29) is 18.1 Å². The van der Waals surface area contributed by atoms with Crippen LogP contribution in [0.2, 0.25) is 0 Å². The smallest absolute Gasteiger partial charge is 0.254 e. The molecule has 0 aromatic heterocycles. The minimum atomic E-state index is 0.0422. The molecule has 1 heterocycles. The van der Waals surface area contributed by atoms with Crippen LogP contribution in [-0.2, 0) is 11.2 Å². The highest BCUT2D eigenvalue weighted by molar-refractivity contribution is 9.10. The third-order valence-electron chi connectivity index (χ3n) is 4.01. The first-order chi connectivity index (χ1) is 11.1. The number of benzene rings is 2. The van der Waals surface area contributed by atoms with Gasteiger partial charge in [0.05, 0.1) is 12.2 Å². The van der Waals surface area contributed by atoms with Crippen molar-refractivity contribution in [2.24, 2.45) is 0 Å². The van der Waals surface area contributed by atoms with Crippen molar-refractivity contribution in [2.45, 2.75) is 25.6 Å². The number of nitrogens with zero attached hydrogens (tertiary/aromatic N) is 1. The monoisotopic (exact) mass is 373 g/mol. The molecule has 1 saturated heterocycles. The second-order valence-electron chi connectivity index (χ2n) is 5.98. The van der Waals surface area contributed by atoms with Crippen molar-refractivity contribution in [3.8, 4) is 0 Å². The van der Waals surface area contributed by atoms with E-state index in [0.717, 1.165) is 16.5 Å². The zero-order valence-electron chi connectivity index (χ0n) is 13.1. The zero-order chi connectivity index (χ0) is 16.2. The molecule has 0 bridgehead atoms. The lowest BCUT2D eigenvalue weighted by Crippen LogP contribution is -2.49. The SMILES string of the molecule is CC1CN(C(=O)c2ccc(Br)cc2)CC(Cc2ccccc2)O1. The second-order valence-corrected chi connectivity index (χ2v) is 6.89. The molecule has 23 heavy (non-hydrogen) atoms. The van der Waals surface area contributed by atoms with Gasteiger partial charge in [0.2, 0.25) is 0 Å². The lowest BCUT2D eigenvalue weighted by atomic mass is 10.0. The van der Waals surface area contributed by atoms with E-state index in [1.807, 2.05) is 54.3 Å². The summed E-state index contributed by atoms with van der Waals surface area (Å²) in [5, 5.41) is 0. The Morgan fingerprint density at radius 2 is 1.83 bits per heavy atom. The van der Waals surface area contributed by atoms with E-state index >= 15 is 0 Å². The maximum atomic E-state index is 12.7. The molecule has 0 saturated carbocycles. The van der Waals surface area contributed by atoms with E-state index in [0.29, 0.717) is 13.1 Å². The molecule has 1 fully saturated rings. The summed E-state index contributed by atoms with van der Waals surface area (Å²) in [6.07, 6.45) is 0.923. The number of amides is 1. The minimum absolute atomic E-state index is 0.0422. The summed E-state index contributed by atoms with van der Waals surface area (Å²) in [7, 11) is 0. The summed E-state index contributed by atoms with van der Waals surface area (Å²) in [6.45, 7) is 3.30. The Hall–Kier alpha value is -1.65. The molecule has 1 aliphatic heterocycles. The molecule has 0 radical (unpaired) electrons. The Bertz CT molecular complexity index is 657. The Kier molecular flexibility index (Phi) is 5.13. The van der Waals surface area contributed by atoms with Crippen molar-refractivity contribution in [1.82, 2.24) is 4.90 Å². The van der Waals surface area contributed by atoms with Crippen LogP contribution in [0.15, 0.2) is 59.1 Å². The minimum Gasteiger partial charge on any atom is -0.371 e. The third-order valence-corrected chi connectivity index (χ3v) is 4.54. The van der Waals surface area contributed by atoms with Crippen LogP contribution in [0, 0.1) is 0 Å². The van der Waals surface area contributed by atoms with E-state index in [1.165, 1.54) is 5.56 Å². The Balaban J connectivity index is 1.70. The molecule has 3 rings (SSSR count). The van der Waals surface area contributed by atoms with Gasteiger partial charge < -0.3 is 9.64 Å². The van der Waals surface area contributed by atoms with Crippen molar-refractivity contribution < 1.29 is 9.53 Å². The maximum Gasteiger partial charge on any atom is 0.254 e. The van der Waals surface area contributed by atoms with Gasteiger partial charge in [-0.3, -0.25) is 4.79 Å². The van der Waals surface area contributed by atoms with Crippen LogP contribution in [0.25, 0.3) is 0 Å².